The van der Waals surface area contributed by atoms with Crippen molar-refractivity contribution in [2.24, 2.45) is 0 Å². The molecule has 0 aromatic heterocycles. The summed E-state index contributed by atoms with van der Waals surface area (Å²) in [5.74, 6) is -0.750. The predicted octanol–water partition coefficient (Wildman–Crippen LogP) is 4.44. The number of carbonyl (C=O) groups excluding carboxylic acids is 2. The number of nitrogens with one attached hydrogen (secondary N) is 1. The van der Waals surface area contributed by atoms with Gasteiger partial charge in [0.15, 0.2) is 0 Å². The van der Waals surface area contributed by atoms with Gasteiger partial charge < -0.3 is 10.2 Å². The van der Waals surface area contributed by atoms with Crippen LogP contribution in [0.1, 0.15) is 37.0 Å². The average Bonchev–Trinajstić information content (AvgIpc) is 2.89. The van der Waals surface area contributed by atoms with Gasteiger partial charge >= 0.3 is 0 Å². The highest BCUT2D eigenvalue weighted by atomic mass is 32.2. The van der Waals surface area contributed by atoms with Crippen molar-refractivity contribution in [3.63, 3.8) is 0 Å². The molecule has 37 heavy (non-hydrogen) atoms. The Kier molecular flexibility index (Phi) is 9.47. The van der Waals surface area contributed by atoms with E-state index in [1.165, 1.54) is 17.0 Å². The quantitative estimate of drug-likeness (QED) is 0.404. The number of carbonyl (C=O) groups is 2. The Bertz CT molecular complexity index is 1330. The lowest BCUT2D eigenvalue weighted by atomic mass is 10.1. The van der Waals surface area contributed by atoms with Gasteiger partial charge in [0.1, 0.15) is 12.6 Å². The van der Waals surface area contributed by atoms with Crippen LogP contribution in [0.3, 0.4) is 0 Å². The van der Waals surface area contributed by atoms with Gasteiger partial charge in [-0.1, -0.05) is 73.2 Å². The van der Waals surface area contributed by atoms with E-state index in [9.17, 15) is 18.0 Å². The van der Waals surface area contributed by atoms with Crippen molar-refractivity contribution in [1.29, 1.82) is 0 Å². The molecule has 0 fully saturated rings. The molecule has 0 bridgehead atoms. The van der Waals surface area contributed by atoms with Gasteiger partial charge in [0.2, 0.25) is 11.8 Å². The maximum absolute atomic E-state index is 13.9. The van der Waals surface area contributed by atoms with Crippen LogP contribution in [0.25, 0.3) is 0 Å². The number of anilines is 1. The number of hydrogen-bond donors (Lipinski definition) is 1. The molecule has 0 radical (unpaired) electrons. The first kappa shape index (κ1) is 27.9. The Balaban J connectivity index is 2.02. The normalized spacial score (nSPS) is 12.0. The Labute approximate surface area is 220 Å². The molecular weight excluding hydrogens is 486 g/mol. The Hall–Kier alpha value is -3.65. The Morgan fingerprint density at radius 3 is 2.24 bits per heavy atom. The standard InChI is InChI=1S/C29H35N3O4S/c1-5-18-30-29(34)24(4)31(20-25-14-11-12-22(2)19-25)28(33)21-32(27-17-10-9-13-23(27)3)37(35,36)26-15-7-6-8-16-26/h6-17,19,24H,5,18,20-21H2,1-4H3,(H,30,34)/t24-/m1/s1. The van der Waals surface area contributed by atoms with E-state index >= 15 is 0 Å². The van der Waals surface area contributed by atoms with E-state index in [0.29, 0.717) is 17.8 Å². The van der Waals surface area contributed by atoms with Crippen LogP contribution in [0, 0.1) is 13.8 Å². The second-order valence-corrected chi connectivity index (χ2v) is 11.0. The molecule has 8 heteroatoms. The van der Waals surface area contributed by atoms with Crippen LogP contribution in [0.5, 0.6) is 0 Å². The van der Waals surface area contributed by atoms with Crippen LogP contribution in [0.15, 0.2) is 83.8 Å². The van der Waals surface area contributed by atoms with Crippen molar-refractivity contribution in [3.8, 4) is 0 Å². The Morgan fingerprint density at radius 1 is 0.919 bits per heavy atom. The van der Waals surface area contributed by atoms with E-state index in [-0.39, 0.29) is 17.3 Å². The van der Waals surface area contributed by atoms with Crippen LogP contribution in [-0.4, -0.2) is 44.3 Å². The molecule has 7 nitrogen and oxygen atoms in total. The number of hydrogen-bond acceptors (Lipinski definition) is 4. The first-order valence-corrected chi connectivity index (χ1v) is 13.8. The largest absolute Gasteiger partial charge is 0.354 e. The number of amides is 2. The summed E-state index contributed by atoms with van der Waals surface area (Å²) in [5.41, 5.74) is 3.02. The molecule has 0 spiro atoms. The van der Waals surface area contributed by atoms with Crippen molar-refractivity contribution in [2.45, 2.75) is 51.6 Å². The van der Waals surface area contributed by atoms with Gasteiger partial charge in [-0.15, -0.1) is 0 Å². The molecule has 1 N–H and O–H groups in total. The van der Waals surface area contributed by atoms with Crippen LogP contribution in [-0.2, 0) is 26.2 Å². The average molecular weight is 522 g/mol. The molecule has 3 aromatic rings. The maximum Gasteiger partial charge on any atom is 0.264 e. The second-order valence-electron chi connectivity index (χ2n) is 9.09. The monoisotopic (exact) mass is 521 g/mol. The van der Waals surface area contributed by atoms with Gasteiger partial charge in [0, 0.05) is 13.1 Å². The predicted molar refractivity (Wildman–Crippen MR) is 147 cm³/mol. The van der Waals surface area contributed by atoms with Crippen LogP contribution >= 0.6 is 0 Å². The summed E-state index contributed by atoms with van der Waals surface area (Å²) in [6, 6.07) is 22.0. The third-order valence-electron chi connectivity index (χ3n) is 6.15. The number of aryl methyl sites for hydroxylation is 2. The zero-order valence-electron chi connectivity index (χ0n) is 21.8. The van der Waals surface area contributed by atoms with Gasteiger partial charge in [-0.25, -0.2) is 8.42 Å². The highest BCUT2D eigenvalue weighted by molar-refractivity contribution is 7.92. The molecule has 3 aromatic carbocycles. The van der Waals surface area contributed by atoms with Crippen LogP contribution in [0.4, 0.5) is 5.69 Å². The fraction of sp³-hybridized carbons (Fsp3) is 0.310. The minimum absolute atomic E-state index is 0.0880. The lowest BCUT2D eigenvalue weighted by Gasteiger charge is -2.32. The molecular formula is C29H35N3O4S. The molecule has 0 heterocycles. The zero-order valence-corrected chi connectivity index (χ0v) is 22.7. The van der Waals surface area contributed by atoms with Gasteiger partial charge in [-0.3, -0.25) is 13.9 Å². The van der Waals surface area contributed by atoms with Crippen molar-refractivity contribution in [3.05, 3.63) is 95.6 Å². The lowest BCUT2D eigenvalue weighted by molar-refractivity contribution is -0.139. The van der Waals surface area contributed by atoms with Gasteiger partial charge in [-0.05, 0) is 56.5 Å². The molecule has 0 aliphatic heterocycles. The van der Waals surface area contributed by atoms with Gasteiger partial charge in [-0.2, -0.15) is 0 Å². The van der Waals surface area contributed by atoms with E-state index in [1.54, 1.807) is 50.2 Å². The van der Waals surface area contributed by atoms with E-state index in [1.807, 2.05) is 44.2 Å². The third kappa shape index (κ3) is 6.98. The van der Waals surface area contributed by atoms with Crippen molar-refractivity contribution < 1.29 is 18.0 Å². The minimum atomic E-state index is -4.06. The molecule has 0 unspecified atom stereocenters. The maximum atomic E-state index is 13.9. The summed E-state index contributed by atoms with van der Waals surface area (Å²) in [7, 11) is -4.06. The van der Waals surface area contributed by atoms with E-state index < -0.39 is 28.5 Å². The summed E-state index contributed by atoms with van der Waals surface area (Å²) >= 11 is 0. The molecule has 1 atom stereocenters. The first-order valence-electron chi connectivity index (χ1n) is 12.4. The van der Waals surface area contributed by atoms with E-state index in [2.05, 4.69) is 5.32 Å². The number of rotatable bonds is 11. The fourth-order valence-corrected chi connectivity index (χ4v) is 5.56. The fourth-order valence-electron chi connectivity index (χ4n) is 4.06. The highest BCUT2D eigenvalue weighted by Gasteiger charge is 2.32. The van der Waals surface area contributed by atoms with Crippen LogP contribution < -0.4 is 9.62 Å². The number of benzene rings is 3. The minimum Gasteiger partial charge on any atom is -0.354 e. The summed E-state index contributed by atoms with van der Waals surface area (Å²) in [6.07, 6.45) is 0.765. The SMILES string of the molecule is CCCNC(=O)[C@@H](C)N(Cc1cccc(C)c1)C(=O)CN(c1ccccc1C)S(=O)(=O)c1ccccc1. The molecule has 3 rings (SSSR count). The number of nitrogens with zero attached hydrogens (tertiary/aromatic N) is 2. The molecule has 0 saturated heterocycles. The molecule has 0 aliphatic rings. The molecule has 196 valence electrons. The summed E-state index contributed by atoms with van der Waals surface area (Å²) in [6.45, 7) is 7.61. The van der Waals surface area contributed by atoms with E-state index in [4.69, 9.17) is 0 Å². The highest BCUT2D eigenvalue weighted by Crippen LogP contribution is 2.27. The lowest BCUT2D eigenvalue weighted by Crippen LogP contribution is -2.51. The van der Waals surface area contributed by atoms with Crippen molar-refractivity contribution in [1.82, 2.24) is 10.2 Å². The van der Waals surface area contributed by atoms with Gasteiger partial charge in [0.05, 0.1) is 10.6 Å². The molecule has 2 amide bonds. The molecule has 0 saturated carbocycles. The first-order chi connectivity index (χ1) is 17.6. The van der Waals surface area contributed by atoms with E-state index in [0.717, 1.165) is 21.9 Å². The second kappa shape index (κ2) is 12.5. The van der Waals surface area contributed by atoms with Crippen LogP contribution in [0.2, 0.25) is 0 Å². The summed E-state index contributed by atoms with van der Waals surface area (Å²) in [4.78, 5) is 28.3. The summed E-state index contributed by atoms with van der Waals surface area (Å²) in [5, 5.41) is 2.85. The topological polar surface area (TPSA) is 86.8 Å². The van der Waals surface area contributed by atoms with Crippen molar-refractivity contribution in [2.75, 3.05) is 17.4 Å². The van der Waals surface area contributed by atoms with Crippen molar-refractivity contribution >= 4 is 27.5 Å². The Morgan fingerprint density at radius 2 is 1.59 bits per heavy atom. The van der Waals surface area contributed by atoms with Gasteiger partial charge in [0.25, 0.3) is 10.0 Å². The molecule has 0 aliphatic carbocycles. The zero-order chi connectivity index (χ0) is 27.0. The smallest absolute Gasteiger partial charge is 0.264 e. The third-order valence-corrected chi connectivity index (χ3v) is 7.92. The number of sulfonamides is 1. The summed E-state index contributed by atoms with van der Waals surface area (Å²) < 4.78 is 28.7. The number of para-hydroxylation sites is 1.